The quantitative estimate of drug-likeness (QED) is 0.726. The highest BCUT2D eigenvalue weighted by molar-refractivity contribution is 7.98. The second-order valence-electron chi connectivity index (χ2n) is 4.00. The first-order chi connectivity index (χ1) is 9.39. The van der Waals surface area contributed by atoms with E-state index in [4.69, 9.17) is 9.84 Å². The molecule has 0 unspecified atom stereocenters. The Morgan fingerprint density at radius 3 is 2.75 bits per heavy atom. The number of hydrogen-bond donors (Lipinski definition) is 2. The molecule has 2 N–H and O–H groups in total. The zero-order valence-electron chi connectivity index (χ0n) is 10.2. The van der Waals surface area contributed by atoms with Crippen LogP contribution in [0.15, 0.2) is 44.8 Å². The molecule has 0 amide bonds. The van der Waals surface area contributed by atoms with Gasteiger partial charge in [0.25, 0.3) is 5.56 Å². The largest absolute Gasteiger partial charge is 0.393 e. The lowest BCUT2D eigenvalue weighted by Gasteiger charge is -2.15. The number of aliphatic hydroxyl groups is 1. The minimum Gasteiger partial charge on any atom is -0.393 e. The molecule has 0 radical (unpaired) electrons. The van der Waals surface area contributed by atoms with E-state index >= 15 is 0 Å². The molecule has 108 valence electrons. The topological polar surface area (TPSA) is 118 Å². The maximum atomic E-state index is 11.8. The van der Waals surface area contributed by atoms with Crippen LogP contribution in [0, 0.1) is 0 Å². The molecule has 1 aromatic heterocycles. The van der Waals surface area contributed by atoms with Crippen molar-refractivity contribution in [2.24, 2.45) is 0 Å². The van der Waals surface area contributed by atoms with Crippen LogP contribution in [0.5, 0.6) is 0 Å². The van der Waals surface area contributed by atoms with Gasteiger partial charge in [0.15, 0.2) is 16.1 Å². The molecule has 0 spiro atoms. The number of aliphatic hydroxyl groups excluding tert-OH is 1. The average molecular weight is 300 g/mol. The van der Waals surface area contributed by atoms with E-state index in [9.17, 15) is 18.0 Å². The van der Waals surface area contributed by atoms with Crippen LogP contribution in [-0.4, -0.2) is 35.8 Å². The van der Waals surface area contributed by atoms with Gasteiger partial charge in [0.2, 0.25) is 0 Å². The summed E-state index contributed by atoms with van der Waals surface area (Å²) in [6.07, 6.45) is 0.265. The van der Waals surface area contributed by atoms with Gasteiger partial charge < -0.3 is 9.84 Å². The molecule has 2 rings (SSSR count). The van der Waals surface area contributed by atoms with Crippen LogP contribution >= 0.6 is 0 Å². The number of rotatable bonds is 4. The van der Waals surface area contributed by atoms with E-state index < -0.39 is 40.0 Å². The summed E-state index contributed by atoms with van der Waals surface area (Å²) >= 11 is 0. The summed E-state index contributed by atoms with van der Waals surface area (Å²) in [6.45, 7) is 2.63. The summed E-state index contributed by atoms with van der Waals surface area (Å²) in [5.74, 6) is 0. The predicted octanol–water partition coefficient (Wildman–Crippen LogP) is -1.13. The molecule has 1 aromatic rings. The summed E-state index contributed by atoms with van der Waals surface area (Å²) in [4.78, 5) is 24.4. The van der Waals surface area contributed by atoms with Crippen LogP contribution in [0.2, 0.25) is 0 Å². The zero-order chi connectivity index (χ0) is 14.9. The molecule has 20 heavy (non-hydrogen) atoms. The van der Waals surface area contributed by atoms with E-state index in [0.29, 0.717) is 0 Å². The first-order valence-corrected chi connectivity index (χ1v) is 7.10. The lowest BCUT2D eigenvalue weighted by atomic mass is 10.3. The summed E-state index contributed by atoms with van der Waals surface area (Å²) in [6, 6.07) is 1.10. The molecular formula is C11H12N2O6S. The lowest BCUT2D eigenvalue weighted by molar-refractivity contribution is -0.0117. The molecule has 0 aromatic carbocycles. The number of nitrogens with one attached hydrogen (secondary N) is 1. The van der Waals surface area contributed by atoms with Gasteiger partial charge in [-0.2, -0.15) is 0 Å². The lowest BCUT2D eigenvalue weighted by Crippen LogP contribution is -2.32. The van der Waals surface area contributed by atoms with E-state index in [1.54, 1.807) is 0 Å². The fourth-order valence-electron chi connectivity index (χ4n) is 1.80. The van der Waals surface area contributed by atoms with Crippen LogP contribution in [-0.2, 0) is 14.6 Å². The van der Waals surface area contributed by atoms with Crippen molar-refractivity contribution >= 4 is 9.84 Å². The summed E-state index contributed by atoms with van der Waals surface area (Å²) in [5.41, 5.74) is -1.32. The third kappa shape index (κ3) is 2.50. The van der Waals surface area contributed by atoms with Crippen molar-refractivity contribution in [1.29, 1.82) is 0 Å². The Balaban J connectivity index is 2.49. The van der Waals surface area contributed by atoms with Gasteiger partial charge in [0, 0.05) is 17.7 Å². The Bertz CT molecular complexity index is 773. The molecule has 0 saturated heterocycles. The molecule has 1 aliphatic rings. The maximum absolute atomic E-state index is 11.8. The van der Waals surface area contributed by atoms with Gasteiger partial charge >= 0.3 is 5.69 Å². The Morgan fingerprint density at radius 1 is 1.50 bits per heavy atom. The van der Waals surface area contributed by atoms with Crippen LogP contribution in [0.4, 0.5) is 0 Å². The molecular weight excluding hydrogens is 288 g/mol. The second kappa shape index (κ2) is 5.19. The Morgan fingerprint density at radius 2 is 2.20 bits per heavy atom. The first kappa shape index (κ1) is 14.4. The number of nitrogens with zero attached hydrogens (tertiary/aromatic N) is 1. The highest BCUT2D eigenvalue weighted by atomic mass is 32.2. The second-order valence-corrected chi connectivity index (χ2v) is 5.89. The number of aromatic nitrogens is 2. The monoisotopic (exact) mass is 300 g/mol. The number of H-pyrrole nitrogens is 1. The molecule has 8 nitrogen and oxygen atoms in total. The molecule has 2 heterocycles. The zero-order valence-corrected chi connectivity index (χ0v) is 11.0. The first-order valence-electron chi connectivity index (χ1n) is 5.56. The molecule has 0 fully saturated rings. The maximum Gasteiger partial charge on any atom is 0.330 e. The Labute approximate surface area is 113 Å². The number of hydrogen-bond acceptors (Lipinski definition) is 6. The van der Waals surface area contributed by atoms with E-state index in [0.717, 1.165) is 16.0 Å². The fraction of sp³-hybridized carbons (Fsp3) is 0.273. The van der Waals surface area contributed by atoms with Crippen LogP contribution in [0.1, 0.15) is 6.23 Å². The van der Waals surface area contributed by atoms with Crippen molar-refractivity contribution in [3.63, 3.8) is 0 Å². The van der Waals surface area contributed by atoms with Crippen molar-refractivity contribution < 1.29 is 18.3 Å². The normalized spacial score (nSPS) is 22.6. The van der Waals surface area contributed by atoms with E-state index in [-0.39, 0.29) is 4.91 Å². The van der Waals surface area contributed by atoms with Crippen LogP contribution in [0.3, 0.4) is 0 Å². The van der Waals surface area contributed by atoms with Gasteiger partial charge in [-0.05, 0) is 6.08 Å². The van der Waals surface area contributed by atoms with Crippen LogP contribution in [0.25, 0.3) is 0 Å². The number of aromatic amines is 1. The molecule has 0 aliphatic carbocycles. The predicted molar refractivity (Wildman–Crippen MR) is 69.5 cm³/mol. The summed E-state index contributed by atoms with van der Waals surface area (Å²) in [5, 5.41) is 9.90. The average Bonchev–Trinajstić information content (AvgIpc) is 2.83. The molecule has 1 aliphatic heterocycles. The number of ether oxygens (including phenoxy) is 1. The third-order valence-electron chi connectivity index (χ3n) is 2.77. The minimum absolute atomic E-state index is 0.168. The van der Waals surface area contributed by atoms with E-state index in [1.165, 1.54) is 12.3 Å². The fourth-order valence-corrected chi connectivity index (χ4v) is 2.80. The van der Waals surface area contributed by atoms with Crippen LogP contribution < -0.4 is 11.2 Å². The van der Waals surface area contributed by atoms with Gasteiger partial charge in [0.05, 0.1) is 11.5 Å². The smallest absolute Gasteiger partial charge is 0.330 e. The van der Waals surface area contributed by atoms with E-state index in [1.807, 2.05) is 4.98 Å². The van der Waals surface area contributed by atoms with Crippen molar-refractivity contribution in [3.8, 4) is 0 Å². The number of sulfone groups is 1. The van der Waals surface area contributed by atoms with Gasteiger partial charge in [-0.3, -0.25) is 14.3 Å². The summed E-state index contributed by atoms with van der Waals surface area (Å²) in [7, 11) is -3.77. The minimum atomic E-state index is -3.77. The molecule has 0 saturated carbocycles. The molecule has 0 bridgehead atoms. The highest BCUT2D eigenvalue weighted by Gasteiger charge is 2.34. The Hall–Kier alpha value is -1.97. The van der Waals surface area contributed by atoms with Crippen molar-refractivity contribution in [2.45, 2.75) is 12.3 Å². The molecule has 2 atom stereocenters. The van der Waals surface area contributed by atoms with Crippen molar-refractivity contribution in [1.82, 2.24) is 9.55 Å². The molecule has 9 heteroatoms. The summed E-state index contributed by atoms with van der Waals surface area (Å²) < 4.78 is 29.8. The van der Waals surface area contributed by atoms with Crippen molar-refractivity contribution in [3.05, 3.63) is 56.1 Å². The van der Waals surface area contributed by atoms with Gasteiger partial charge in [0.1, 0.15) is 6.10 Å². The van der Waals surface area contributed by atoms with Gasteiger partial charge in [-0.15, -0.1) is 0 Å². The van der Waals surface area contributed by atoms with Gasteiger partial charge in [-0.1, -0.05) is 6.58 Å². The van der Waals surface area contributed by atoms with Gasteiger partial charge in [-0.25, -0.2) is 13.2 Å². The SMILES string of the molecule is C=CS(=O)(=O)C1=C[C@H](n2ccc(=O)[nH]c2=O)O[C@@H]1CO. The van der Waals surface area contributed by atoms with E-state index in [2.05, 4.69) is 6.58 Å². The standard InChI is InChI=1S/C11H12N2O6S/c1-2-20(17,18)8-5-10(19-7(8)6-14)13-4-3-9(15)12-11(13)16/h2-5,7,10,14H,1,6H2,(H,12,15,16)/t7-,10-/m1/s1. The third-order valence-corrected chi connectivity index (χ3v) is 4.26. The van der Waals surface area contributed by atoms with Crippen molar-refractivity contribution in [2.75, 3.05) is 6.61 Å². The Kier molecular flexibility index (Phi) is 3.75. The highest BCUT2D eigenvalue weighted by Crippen LogP contribution is 2.30.